The second-order valence-corrected chi connectivity index (χ2v) is 9.53. The smallest absolute Gasteiger partial charge is 0.302 e. The van der Waals surface area contributed by atoms with Crippen LogP contribution in [-0.4, -0.2) is 37.1 Å². The highest BCUT2D eigenvalue weighted by molar-refractivity contribution is 5.65. The fraction of sp³-hybridized carbons (Fsp3) is 0.792. The topological polar surface area (TPSA) is 29.5 Å². The van der Waals surface area contributed by atoms with E-state index in [9.17, 15) is 4.79 Å². The lowest BCUT2D eigenvalue weighted by Crippen LogP contribution is -2.43. The fourth-order valence-electron chi connectivity index (χ4n) is 5.50. The van der Waals surface area contributed by atoms with Gasteiger partial charge in [-0.1, -0.05) is 51.0 Å². The number of allylic oxidation sites excluding steroid dienone is 4. The molecule has 0 amide bonds. The van der Waals surface area contributed by atoms with Gasteiger partial charge in [0, 0.05) is 26.6 Å². The van der Waals surface area contributed by atoms with Crippen molar-refractivity contribution in [3.05, 3.63) is 23.3 Å². The molecule has 154 valence electrons. The number of hydrogen-bond acceptors (Lipinski definition) is 3. The largest absolute Gasteiger partial charge is 0.465 e. The lowest BCUT2D eigenvalue weighted by Gasteiger charge is -2.41. The summed E-state index contributed by atoms with van der Waals surface area (Å²) in [6.07, 6.45) is 7.36. The van der Waals surface area contributed by atoms with Crippen molar-refractivity contribution in [3.8, 4) is 0 Å². The Morgan fingerprint density at radius 1 is 0.963 bits per heavy atom. The molecule has 0 aliphatic heterocycles. The summed E-state index contributed by atoms with van der Waals surface area (Å²) in [4.78, 5) is 13.8. The van der Waals surface area contributed by atoms with Gasteiger partial charge in [-0.25, -0.2) is 0 Å². The molecule has 0 radical (unpaired) electrons. The maximum absolute atomic E-state index is 11.2. The predicted octanol–water partition coefficient (Wildman–Crippen LogP) is 5.33. The quantitative estimate of drug-likeness (QED) is 0.445. The number of carbonyl (C=O) groups excluding carboxylic acids is 1. The van der Waals surface area contributed by atoms with E-state index in [0.29, 0.717) is 42.1 Å². The van der Waals surface area contributed by atoms with E-state index in [-0.39, 0.29) is 5.97 Å². The van der Waals surface area contributed by atoms with Crippen LogP contribution in [0.1, 0.15) is 61.3 Å². The number of nitrogens with zero attached hydrogens (tertiary/aromatic N) is 1. The minimum atomic E-state index is -0.175. The SMILES string of the molecule is CC(=O)OCCN(C[C@H]1[C@@H](C)C=C(C)C[C@@H]1C)C[C@H]1[C@@H](C)C=C(C)C[C@@H]1C. The van der Waals surface area contributed by atoms with Gasteiger partial charge in [-0.2, -0.15) is 0 Å². The van der Waals surface area contributed by atoms with Crippen LogP contribution in [0.3, 0.4) is 0 Å². The Hall–Kier alpha value is -1.09. The molecule has 2 aliphatic rings. The summed E-state index contributed by atoms with van der Waals surface area (Å²) in [6, 6.07) is 0. The van der Waals surface area contributed by atoms with E-state index in [1.165, 1.54) is 30.9 Å². The van der Waals surface area contributed by atoms with Gasteiger partial charge in [0.1, 0.15) is 6.61 Å². The molecule has 3 heteroatoms. The van der Waals surface area contributed by atoms with E-state index in [1.54, 1.807) is 0 Å². The number of esters is 1. The maximum atomic E-state index is 11.2. The zero-order chi connectivity index (χ0) is 20.1. The Morgan fingerprint density at radius 2 is 1.41 bits per heavy atom. The first-order valence-electron chi connectivity index (χ1n) is 10.9. The van der Waals surface area contributed by atoms with Crippen LogP contribution in [0.4, 0.5) is 0 Å². The Morgan fingerprint density at radius 3 is 1.78 bits per heavy atom. The van der Waals surface area contributed by atoms with Crippen LogP contribution in [0, 0.1) is 35.5 Å². The Bertz CT molecular complexity index is 525. The van der Waals surface area contributed by atoms with Crippen LogP contribution in [0.5, 0.6) is 0 Å². The van der Waals surface area contributed by atoms with Gasteiger partial charge in [-0.05, 0) is 62.2 Å². The van der Waals surface area contributed by atoms with Gasteiger partial charge in [0.25, 0.3) is 0 Å². The first-order chi connectivity index (χ1) is 12.7. The number of ether oxygens (including phenoxy) is 1. The lowest BCUT2D eigenvalue weighted by molar-refractivity contribution is -0.141. The van der Waals surface area contributed by atoms with Gasteiger partial charge in [-0.15, -0.1) is 0 Å². The molecule has 27 heavy (non-hydrogen) atoms. The molecule has 0 unspecified atom stereocenters. The molecule has 0 aromatic rings. The predicted molar refractivity (Wildman–Crippen MR) is 113 cm³/mol. The normalized spacial score (nSPS) is 34.2. The van der Waals surface area contributed by atoms with Gasteiger partial charge in [0.15, 0.2) is 0 Å². The minimum absolute atomic E-state index is 0.175. The van der Waals surface area contributed by atoms with Crippen LogP contribution in [0.2, 0.25) is 0 Å². The molecule has 0 aromatic carbocycles. The van der Waals surface area contributed by atoms with E-state index >= 15 is 0 Å². The van der Waals surface area contributed by atoms with Gasteiger partial charge >= 0.3 is 5.97 Å². The first-order valence-corrected chi connectivity index (χ1v) is 10.9. The third-order valence-electron chi connectivity index (χ3n) is 6.85. The summed E-state index contributed by atoms with van der Waals surface area (Å²) in [5, 5.41) is 0. The maximum Gasteiger partial charge on any atom is 0.302 e. The fourth-order valence-corrected chi connectivity index (χ4v) is 5.50. The van der Waals surface area contributed by atoms with Crippen LogP contribution < -0.4 is 0 Å². The molecule has 0 spiro atoms. The summed E-state index contributed by atoms with van der Waals surface area (Å²) in [6.45, 7) is 19.1. The minimum Gasteiger partial charge on any atom is -0.465 e. The van der Waals surface area contributed by atoms with Crippen molar-refractivity contribution in [2.24, 2.45) is 35.5 Å². The van der Waals surface area contributed by atoms with Gasteiger partial charge < -0.3 is 4.74 Å². The number of hydrogen-bond donors (Lipinski definition) is 0. The molecule has 0 heterocycles. The molecule has 6 atom stereocenters. The van der Waals surface area contributed by atoms with E-state index < -0.39 is 0 Å². The van der Waals surface area contributed by atoms with Gasteiger partial charge in [0.2, 0.25) is 0 Å². The summed E-state index contributed by atoms with van der Waals surface area (Å²) in [5.74, 6) is 3.84. The molecular formula is C24H41NO2. The summed E-state index contributed by atoms with van der Waals surface area (Å²) in [5.41, 5.74) is 3.07. The first kappa shape index (κ1) is 22.2. The van der Waals surface area contributed by atoms with Gasteiger partial charge in [-0.3, -0.25) is 9.69 Å². The second kappa shape index (κ2) is 9.91. The van der Waals surface area contributed by atoms with Crippen LogP contribution in [-0.2, 0) is 9.53 Å². The molecular weight excluding hydrogens is 334 g/mol. The molecule has 2 rings (SSSR count). The number of rotatable bonds is 7. The van der Waals surface area contributed by atoms with Crippen LogP contribution in [0.25, 0.3) is 0 Å². The monoisotopic (exact) mass is 375 g/mol. The molecule has 0 saturated carbocycles. The molecule has 0 saturated heterocycles. The molecule has 2 aliphatic carbocycles. The molecule has 3 nitrogen and oxygen atoms in total. The third-order valence-corrected chi connectivity index (χ3v) is 6.85. The highest BCUT2D eigenvalue weighted by atomic mass is 16.5. The van der Waals surface area contributed by atoms with Crippen molar-refractivity contribution in [3.63, 3.8) is 0 Å². The number of carbonyl (C=O) groups is 1. The third kappa shape index (κ3) is 6.48. The average molecular weight is 376 g/mol. The Balaban J connectivity index is 2.07. The van der Waals surface area contributed by atoms with Gasteiger partial charge in [0.05, 0.1) is 0 Å². The van der Waals surface area contributed by atoms with E-state index in [0.717, 1.165) is 19.6 Å². The standard InChI is InChI=1S/C24H41NO2/c1-16-10-18(3)23(19(4)11-16)14-25(8-9-27-22(7)26)15-24-20(5)12-17(2)13-21(24)6/h10,12,18-21,23-24H,8-9,11,13-15H2,1-7H3/t18-,19-,20-,21-,23-,24-/m0/s1. The molecule has 0 fully saturated rings. The average Bonchev–Trinajstić information content (AvgIpc) is 2.53. The Kier molecular flexibility index (Phi) is 8.15. The summed E-state index contributed by atoms with van der Waals surface area (Å²) < 4.78 is 5.29. The van der Waals surface area contributed by atoms with Crippen LogP contribution >= 0.6 is 0 Å². The second-order valence-electron chi connectivity index (χ2n) is 9.53. The van der Waals surface area contributed by atoms with E-state index in [2.05, 4.69) is 58.6 Å². The van der Waals surface area contributed by atoms with Crippen molar-refractivity contribution in [1.29, 1.82) is 0 Å². The summed E-state index contributed by atoms with van der Waals surface area (Å²) >= 11 is 0. The molecule has 0 N–H and O–H groups in total. The highest BCUT2D eigenvalue weighted by Gasteiger charge is 2.32. The van der Waals surface area contributed by atoms with Crippen molar-refractivity contribution < 1.29 is 9.53 Å². The molecule has 0 bridgehead atoms. The van der Waals surface area contributed by atoms with Crippen molar-refractivity contribution >= 4 is 5.97 Å². The Labute approximate surface area is 167 Å². The van der Waals surface area contributed by atoms with Crippen molar-refractivity contribution in [2.75, 3.05) is 26.2 Å². The van der Waals surface area contributed by atoms with Crippen LogP contribution in [0.15, 0.2) is 23.3 Å². The molecule has 0 aromatic heterocycles. The van der Waals surface area contributed by atoms with E-state index in [1.807, 2.05) is 0 Å². The van der Waals surface area contributed by atoms with E-state index in [4.69, 9.17) is 4.74 Å². The summed E-state index contributed by atoms with van der Waals surface area (Å²) in [7, 11) is 0. The van der Waals surface area contributed by atoms with Crippen molar-refractivity contribution in [2.45, 2.75) is 61.3 Å². The zero-order valence-electron chi connectivity index (χ0n) is 18.6. The highest BCUT2D eigenvalue weighted by Crippen LogP contribution is 2.36. The lowest BCUT2D eigenvalue weighted by atomic mass is 9.73. The van der Waals surface area contributed by atoms with Crippen molar-refractivity contribution in [1.82, 2.24) is 4.90 Å². The zero-order valence-corrected chi connectivity index (χ0v) is 18.6.